The van der Waals surface area contributed by atoms with Gasteiger partial charge in [0.1, 0.15) is 12.4 Å². The van der Waals surface area contributed by atoms with Crippen LogP contribution in [0.25, 0.3) is 10.9 Å². The van der Waals surface area contributed by atoms with E-state index in [0.29, 0.717) is 5.69 Å². The minimum atomic E-state index is -0.991. The zero-order valence-corrected chi connectivity index (χ0v) is 11.1. The van der Waals surface area contributed by atoms with Crippen molar-refractivity contribution in [2.45, 2.75) is 6.61 Å². The summed E-state index contributed by atoms with van der Waals surface area (Å²) in [4.78, 5) is 19.1. The second kappa shape index (κ2) is 5.58. The van der Waals surface area contributed by atoms with E-state index in [1.165, 1.54) is 12.3 Å². The molecule has 2 heterocycles. The average molecular weight is 280 g/mol. The van der Waals surface area contributed by atoms with Crippen LogP contribution in [0.1, 0.15) is 16.1 Å². The van der Waals surface area contributed by atoms with Gasteiger partial charge in [0.05, 0.1) is 16.8 Å². The van der Waals surface area contributed by atoms with Gasteiger partial charge in [0, 0.05) is 17.8 Å². The van der Waals surface area contributed by atoms with Crippen molar-refractivity contribution in [1.29, 1.82) is 0 Å². The highest BCUT2D eigenvalue weighted by Crippen LogP contribution is 2.24. The summed E-state index contributed by atoms with van der Waals surface area (Å²) in [6.07, 6.45) is 3.06. The van der Waals surface area contributed by atoms with Crippen LogP contribution >= 0.6 is 0 Å². The first kappa shape index (κ1) is 13.1. The molecule has 0 aliphatic heterocycles. The van der Waals surface area contributed by atoms with Gasteiger partial charge in [-0.3, -0.25) is 9.97 Å². The van der Waals surface area contributed by atoms with Crippen molar-refractivity contribution in [1.82, 2.24) is 9.97 Å². The van der Waals surface area contributed by atoms with Crippen LogP contribution in [-0.2, 0) is 6.61 Å². The average Bonchev–Trinajstić information content (AvgIpc) is 2.53. The third kappa shape index (κ3) is 2.81. The molecular weight excluding hydrogens is 268 g/mol. The molecule has 0 amide bonds. The summed E-state index contributed by atoms with van der Waals surface area (Å²) in [5, 5.41) is 9.76. The summed E-state index contributed by atoms with van der Waals surface area (Å²) in [5.41, 5.74) is 1.69. The molecule has 0 spiro atoms. The van der Waals surface area contributed by atoms with E-state index in [0.717, 1.165) is 16.7 Å². The van der Waals surface area contributed by atoms with Crippen LogP contribution in [0, 0.1) is 0 Å². The third-order valence-corrected chi connectivity index (χ3v) is 3.05. The smallest absolute Gasteiger partial charge is 0.337 e. The largest absolute Gasteiger partial charge is 0.487 e. The van der Waals surface area contributed by atoms with E-state index in [2.05, 4.69) is 9.97 Å². The van der Waals surface area contributed by atoms with Crippen LogP contribution < -0.4 is 4.74 Å². The Balaban J connectivity index is 1.79. The molecule has 0 radical (unpaired) electrons. The highest BCUT2D eigenvalue weighted by atomic mass is 16.5. The van der Waals surface area contributed by atoms with Gasteiger partial charge in [-0.15, -0.1) is 0 Å². The highest BCUT2D eigenvalue weighted by molar-refractivity contribution is 5.87. The molecular formula is C16H12N2O3. The third-order valence-electron chi connectivity index (χ3n) is 3.05. The number of hydrogen-bond donors (Lipinski definition) is 1. The molecule has 3 rings (SSSR count). The molecule has 2 aromatic heterocycles. The van der Waals surface area contributed by atoms with Crippen LogP contribution in [0.2, 0.25) is 0 Å². The molecule has 0 aliphatic carbocycles. The van der Waals surface area contributed by atoms with Crippen LogP contribution in [0.3, 0.4) is 0 Å². The Labute approximate surface area is 120 Å². The zero-order chi connectivity index (χ0) is 14.7. The maximum atomic E-state index is 10.8. The molecule has 0 saturated carbocycles. The van der Waals surface area contributed by atoms with Gasteiger partial charge in [-0.1, -0.05) is 6.07 Å². The predicted molar refractivity (Wildman–Crippen MR) is 77.3 cm³/mol. The summed E-state index contributed by atoms with van der Waals surface area (Å²) in [6.45, 7) is 0.272. The first-order valence-electron chi connectivity index (χ1n) is 6.39. The first-order valence-corrected chi connectivity index (χ1v) is 6.39. The number of aromatic nitrogens is 2. The Kier molecular flexibility index (Phi) is 3.47. The number of ether oxygens (including phenoxy) is 1. The standard InChI is InChI=1S/C16H12N2O3/c19-16(20)11-6-7-12(18-9-11)10-21-15-5-1-4-14-13(15)3-2-8-17-14/h1-9H,10H2,(H,19,20). The molecule has 0 unspecified atom stereocenters. The van der Waals surface area contributed by atoms with E-state index in [1.807, 2.05) is 30.3 Å². The normalized spacial score (nSPS) is 10.5. The van der Waals surface area contributed by atoms with E-state index in [4.69, 9.17) is 9.84 Å². The molecule has 21 heavy (non-hydrogen) atoms. The lowest BCUT2D eigenvalue weighted by molar-refractivity contribution is 0.0696. The molecule has 1 N–H and O–H groups in total. The van der Waals surface area contributed by atoms with E-state index in [1.54, 1.807) is 12.3 Å². The Hall–Kier alpha value is -2.95. The monoisotopic (exact) mass is 280 g/mol. The summed E-state index contributed by atoms with van der Waals surface area (Å²) < 4.78 is 5.76. The number of pyridine rings is 2. The number of fused-ring (bicyclic) bond motifs is 1. The molecule has 5 heteroatoms. The maximum absolute atomic E-state index is 10.8. The predicted octanol–water partition coefficient (Wildman–Crippen LogP) is 2.91. The lowest BCUT2D eigenvalue weighted by Crippen LogP contribution is -2.02. The summed E-state index contributed by atoms with van der Waals surface area (Å²) in [6, 6.07) is 12.6. The minimum Gasteiger partial charge on any atom is -0.487 e. The Morgan fingerprint density at radius 3 is 2.76 bits per heavy atom. The van der Waals surface area contributed by atoms with Crippen molar-refractivity contribution >= 4 is 16.9 Å². The number of hydrogen-bond acceptors (Lipinski definition) is 4. The Morgan fingerprint density at radius 1 is 1.10 bits per heavy atom. The lowest BCUT2D eigenvalue weighted by atomic mass is 10.2. The van der Waals surface area contributed by atoms with E-state index in [-0.39, 0.29) is 12.2 Å². The van der Waals surface area contributed by atoms with E-state index in [9.17, 15) is 4.79 Å². The van der Waals surface area contributed by atoms with Gasteiger partial charge in [0.25, 0.3) is 0 Å². The number of carbonyl (C=O) groups is 1. The van der Waals surface area contributed by atoms with Gasteiger partial charge in [0.15, 0.2) is 0 Å². The topological polar surface area (TPSA) is 72.3 Å². The SMILES string of the molecule is O=C(O)c1ccc(COc2cccc3ncccc23)nc1. The number of nitrogens with zero attached hydrogens (tertiary/aromatic N) is 2. The van der Waals surface area contributed by atoms with E-state index >= 15 is 0 Å². The number of carboxylic acids is 1. The van der Waals surface area contributed by atoms with Crippen LogP contribution in [-0.4, -0.2) is 21.0 Å². The quantitative estimate of drug-likeness (QED) is 0.795. The van der Waals surface area contributed by atoms with Crippen molar-refractivity contribution in [2.24, 2.45) is 0 Å². The second-order valence-electron chi connectivity index (χ2n) is 4.46. The summed E-state index contributed by atoms with van der Waals surface area (Å²) >= 11 is 0. The fourth-order valence-corrected chi connectivity index (χ4v) is 1.99. The molecule has 5 nitrogen and oxygen atoms in total. The molecule has 0 atom stereocenters. The Bertz CT molecular complexity index is 780. The highest BCUT2D eigenvalue weighted by Gasteiger charge is 2.05. The van der Waals surface area contributed by atoms with Crippen molar-refractivity contribution < 1.29 is 14.6 Å². The van der Waals surface area contributed by atoms with Gasteiger partial charge in [-0.2, -0.15) is 0 Å². The van der Waals surface area contributed by atoms with Crippen molar-refractivity contribution in [3.05, 3.63) is 66.1 Å². The maximum Gasteiger partial charge on any atom is 0.337 e. The van der Waals surface area contributed by atoms with Crippen LogP contribution in [0.5, 0.6) is 5.75 Å². The molecule has 0 bridgehead atoms. The van der Waals surface area contributed by atoms with Crippen LogP contribution in [0.4, 0.5) is 0 Å². The zero-order valence-electron chi connectivity index (χ0n) is 11.1. The molecule has 0 fully saturated rings. The molecule has 0 aliphatic rings. The van der Waals surface area contributed by atoms with Crippen molar-refractivity contribution in [2.75, 3.05) is 0 Å². The summed E-state index contributed by atoms with van der Waals surface area (Å²) in [7, 11) is 0. The number of benzene rings is 1. The molecule has 3 aromatic rings. The van der Waals surface area contributed by atoms with Crippen LogP contribution in [0.15, 0.2) is 54.9 Å². The van der Waals surface area contributed by atoms with Crippen molar-refractivity contribution in [3.8, 4) is 5.75 Å². The lowest BCUT2D eigenvalue weighted by Gasteiger charge is -2.08. The second-order valence-corrected chi connectivity index (χ2v) is 4.46. The number of aromatic carboxylic acids is 1. The van der Waals surface area contributed by atoms with Crippen molar-refractivity contribution in [3.63, 3.8) is 0 Å². The molecule has 0 saturated heterocycles. The van der Waals surface area contributed by atoms with Gasteiger partial charge in [-0.05, 0) is 36.4 Å². The van der Waals surface area contributed by atoms with Gasteiger partial charge in [-0.25, -0.2) is 4.79 Å². The number of rotatable bonds is 4. The van der Waals surface area contributed by atoms with Gasteiger partial charge >= 0.3 is 5.97 Å². The fourth-order valence-electron chi connectivity index (χ4n) is 1.99. The number of carboxylic acid groups (broad SMARTS) is 1. The van der Waals surface area contributed by atoms with Gasteiger partial charge in [0.2, 0.25) is 0 Å². The summed E-state index contributed by atoms with van der Waals surface area (Å²) in [5.74, 6) is -0.264. The van der Waals surface area contributed by atoms with E-state index < -0.39 is 5.97 Å². The minimum absolute atomic E-state index is 0.160. The van der Waals surface area contributed by atoms with Gasteiger partial charge < -0.3 is 9.84 Å². The molecule has 1 aromatic carbocycles. The Morgan fingerprint density at radius 2 is 2.00 bits per heavy atom. The first-order chi connectivity index (χ1) is 10.2. The fraction of sp³-hybridized carbons (Fsp3) is 0.0625. The molecule has 104 valence electrons.